The molecule has 2 heterocycles. The number of carbonyl (C=O) groups excluding carboxylic acids is 2. The van der Waals surface area contributed by atoms with Crippen LogP contribution in [0.4, 0.5) is 11.4 Å². The minimum absolute atomic E-state index is 0.0625. The second-order valence-corrected chi connectivity index (χ2v) is 6.94. The zero-order valence-electron chi connectivity index (χ0n) is 16.9. The van der Waals surface area contributed by atoms with Gasteiger partial charge in [-0.05, 0) is 43.2 Å². The molecular formula is C23H26N4O2. The van der Waals surface area contributed by atoms with Crippen molar-refractivity contribution in [2.45, 2.75) is 33.1 Å². The number of carbonyl (C=O) groups is 2. The van der Waals surface area contributed by atoms with E-state index in [1.165, 1.54) is 0 Å². The second-order valence-electron chi connectivity index (χ2n) is 6.94. The first-order valence-electron chi connectivity index (χ1n) is 10.00. The summed E-state index contributed by atoms with van der Waals surface area (Å²) in [7, 11) is 0. The van der Waals surface area contributed by atoms with E-state index in [4.69, 9.17) is 0 Å². The van der Waals surface area contributed by atoms with Crippen molar-refractivity contribution >= 4 is 35.5 Å². The van der Waals surface area contributed by atoms with Crippen molar-refractivity contribution < 1.29 is 9.59 Å². The van der Waals surface area contributed by atoms with Crippen molar-refractivity contribution in [3.05, 3.63) is 59.4 Å². The zero-order chi connectivity index (χ0) is 20.6. The molecule has 29 heavy (non-hydrogen) atoms. The molecule has 0 unspecified atom stereocenters. The monoisotopic (exact) mass is 390 g/mol. The number of hydrogen-bond donors (Lipinski definition) is 1. The highest BCUT2D eigenvalue weighted by molar-refractivity contribution is 6.06. The van der Waals surface area contributed by atoms with Crippen LogP contribution in [-0.2, 0) is 4.79 Å². The third-order valence-electron chi connectivity index (χ3n) is 4.65. The third-order valence-corrected chi connectivity index (χ3v) is 4.65. The molecule has 0 radical (unpaired) electrons. The van der Waals surface area contributed by atoms with Crippen LogP contribution in [0, 0.1) is 0 Å². The largest absolute Gasteiger partial charge is 0.339 e. The molecule has 0 spiro atoms. The number of aromatic nitrogens is 1. The molecule has 1 aliphatic rings. The number of nitrogens with one attached hydrogen (secondary N) is 1. The Kier molecular flexibility index (Phi) is 6.89. The summed E-state index contributed by atoms with van der Waals surface area (Å²) in [5.41, 5.74) is 3.45. The van der Waals surface area contributed by atoms with Gasteiger partial charge in [-0.2, -0.15) is 0 Å². The molecule has 0 saturated heterocycles. The summed E-state index contributed by atoms with van der Waals surface area (Å²) < 4.78 is 0. The van der Waals surface area contributed by atoms with Crippen molar-refractivity contribution in [1.29, 1.82) is 0 Å². The van der Waals surface area contributed by atoms with Gasteiger partial charge in [-0.3, -0.25) is 19.6 Å². The lowest BCUT2D eigenvalue weighted by Crippen LogP contribution is -2.33. The molecule has 150 valence electrons. The Morgan fingerprint density at radius 3 is 2.48 bits per heavy atom. The molecule has 6 nitrogen and oxygen atoms in total. The number of benzene rings is 1. The highest BCUT2D eigenvalue weighted by atomic mass is 16.2. The number of hydrogen-bond acceptors (Lipinski definition) is 4. The maximum Gasteiger partial charge on any atom is 0.255 e. The molecule has 3 rings (SSSR count). The fourth-order valence-electron chi connectivity index (χ4n) is 3.25. The van der Waals surface area contributed by atoms with E-state index in [2.05, 4.69) is 29.1 Å². The molecule has 1 aromatic carbocycles. The molecule has 0 saturated carbocycles. The number of fused-ring (bicyclic) bond motifs is 1. The lowest BCUT2D eigenvalue weighted by atomic mass is 10.0. The average Bonchev–Trinajstić information content (AvgIpc) is 2.95. The van der Waals surface area contributed by atoms with E-state index in [0.717, 1.165) is 37.1 Å². The summed E-state index contributed by atoms with van der Waals surface area (Å²) in [6.07, 6.45) is 9.24. The topological polar surface area (TPSA) is 74.7 Å². The summed E-state index contributed by atoms with van der Waals surface area (Å²) in [5.74, 6) is -0.150. The van der Waals surface area contributed by atoms with Crippen molar-refractivity contribution in [3.8, 4) is 0 Å². The fourth-order valence-corrected chi connectivity index (χ4v) is 3.25. The van der Waals surface area contributed by atoms with Gasteiger partial charge >= 0.3 is 0 Å². The van der Waals surface area contributed by atoms with Crippen LogP contribution in [0.1, 0.15) is 49.0 Å². The van der Waals surface area contributed by atoms with E-state index < -0.39 is 0 Å². The van der Waals surface area contributed by atoms with Gasteiger partial charge in [-0.1, -0.05) is 19.9 Å². The Morgan fingerprint density at radius 2 is 1.79 bits per heavy atom. The Bertz CT molecular complexity index is 929. The molecule has 2 aromatic rings. The SMILES string of the molecule is CCCN(CCC)C(=O)C1=Cc2ccc(C(=O)Nc3ccncc3)cc2N=CC1. The van der Waals surface area contributed by atoms with Gasteiger partial charge in [0.1, 0.15) is 0 Å². The van der Waals surface area contributed by atoms with E-state index >= 15 is 0 Å². The van der Waals surface area contributed by atoms with Crippen LogP contribution in [0.3, 0.4) is 0 Å². The first kappa shape index (κ1) is 20.5. The predicted octanol–water partition coefficient (Wildman–Crippen LogP) is 4.47. The Labute approximate surface area is 171 Å². The normalized spacial score (nSPS) is 12.6. The summed E-state index contributed by atoms with van der Waals surface area (Å²) in [6, 6.07) is 8.82. The van der Waals surface area contributed by atoms with Gasteiger partial charge in [-0.25, -0.2) is 0 Å². The van der Waals surface area contributed by atoms with E-state index in [0.29, 0.717) is 23.4 Å². The Hall–Kier alpha value is -3.28. The summed E-state index contributed by atoms with van der Waals surface area (Å²) in [5, 5.41) is 2.84. The lowest BCUT2D eigenvalue weighted by molar-refractivity contribution is -0.127. The number of rotatable bonds is 7. The fraction of sp³-hybridized carbons (Fsp3) is 0.304. The van der Waals surface area contributed by atoms with Crippen molar-refractivity contribution in [3.63, 3.8) is 0 Å². The standard InChI is InChI=1S/C23H26N4O2/c1-3-13-27(14-4-2)23(29)19-7-12-25-21-16-18(6-5-17(21)15-19)22(28)26-20-8-10-24-11-9-20/h5-6,8-12,15-16H,3-4,7,13-14H2,1-2H3,(H,24,26,28). The van der Waals surface area contributed by atoms with Crippen LogP contribution >= 0.6 is 0 Å². The van der Waals surface area contributed by atoms with Crippen LogP contribution in [-0.4, -0.2) is 41.0 Å². The summed E-state index contributed by atoms with van der Waals surface area (Å²) >= 11 is 0. The molecule has 0 atom stereocenters. The van der Waals surface area contributed by atoms with E-state index in [-0.39, 0.29) is 11.8 Å². The summed E-state index contributed by atoms with van der Waals surface area (Å²) in [6.45, 7) is 5.66. The zero-order valence-corrected chi connectivity index (χ0v) is 16.9. The predicted molar refractivity (Wildman–Crippen MR) is 117 cm³/mol. The average molecular weight is 390 g/mol. The Morgan fingerprint density at radius 1 is 1.07 bits per heavy atom. The van der Waals surface area contributed by atoms with Gasteiger partial charge in [0, 0.05) is 60.5 Å². The van der Waals surface area contributed by atoms with Crippen LogP contribution < -0.4 is 5.32 Å². The molecule has 0 aliphatic carbocycles. The maximum atomic E-state index is 12.9. The van der Waals surface area contributed by atoms with Crippen LogP contribution in [0.5, 0.6) is 0 Å². The van der Waals surface area contributed by atoms with Gasteiger partial charge in [-0.15, -0.1) is 0 Å². The van der Waals surface area contributed by atoms with Gasteiger partial charge < -0.3 is 10.2 Å². The third kappa shape index (κ3) is 5.16. The number of nitrogens with zero attached hydrogens (tertiary/aromatic N) is 3. The van der Waals surface area contributed by atoms with E-state index in [9.17, 15) is 9.59 Å². The van der Waals surface area contributed by atoms with Gasteiger partial charge in [0.2, 0.25) is 5.91 Å². The highest BCUT2D eigenvalue weighted by Crippen LogP contribution is 2.27. The number of anilines is 1. The molecule has 0 bridgehead atoms. The van der Waals surface area contributed by atoms with Gasteiger partial charge in [0.05, 0.1) is 5.69 Å². The van der Waals surface area contributed by atoms with Crippen LogP contribution in [0.25, 0.3) is 6.08 Å². The maximum absolute atomic E-state index is 12.9. The van der Waals surface area contributed by atoms with Crippen molar-refractivity contribution in [1.82, 2.24) is 9.88 Å². The Balaban J connectivity index is 1.82. The van der Waals surface area contributed by atoms with Crippen LogP contribution in [0.2, 0.25) is 0 Å². The molecule has 6 heteroatoms. The van der Waals surface area contributed by atoms with Gasteiger partial charge in [0.25, 0.3) is 5.91 Å². The van der Waals surface area contributed by atoms with Gasteiger partial charge in [0.15, 0.2) is 0 Å². The second kappa shape index (κ2) is 9.78. The van der Waals surface area contributed by atoms with E-state index in [1.54, 1.807) is 42.9 Å². The van der Waals surface area contributed by atoms with Crippen molar-refractivity contribution in [2.24, 2.45) is 4.99 Å². The number of pyridine rings is 1. The first-order chi connectivity index (χ1) is 14.1. The molecule has 2 amide bonds. The molecule has 1 aliphatic heterocycles. The molecule has 1 aromatic heterocycles. The van der Waals surface area contributed by atoms with Crippen LogP contribution in [0.15, 0.2) is 53.3 Å². The van der Waals surface area contributed by atoms with E-state index in [1.807, 2.05) is 17.0 Å². The quantitative estimate of drug-likeness (QED) is 0.758. The highest BCUT2D eigenvalue weighted by Gasteiger charge is 2.19. The molecular weight excluding hydrogens is 364 g/mol. The minimum atomic E-state index is -0.212. The summed E-state index contributed by atoms with van der Waals surface area (Å²) in [4.78, 5) is 35.8. The molecule has 0 fully saturated rings. The number of aliphatic imine (C=N–C) groups is 1. The minimum Gasteiger partial charge on any atom is -0.339 e. The smallest absolute Gasteiger partial charge is 0.255 e. The lowest BCUT2D eigenvalue weighted by Gasteiger charge is -2.22. The first-order valence-corrected chi connectivity index (χ1v) is 10.00. The molecule has 1 N–H and O–H groups in total. The number of amides is 2. The van der Waals surface area contributed by atoms with Crippen molar-refractivity contribution in [2.75, 3.05) is 18.4 Å².